The molecule has 2 aliphatic carbocycles. The van der Waals surface area contributed by atoms with Gasteiger partial charge in [-0.3, -0.25) is 4.90 Å². The maximum Gasteiger partial charge on any atom is 0.165 e. The Morgan fingerprint density at radius 2 is 2.00 bits per heavy atom. The van der Waals surface area contributed by atoms with Gasteiger partial charge >= 0.3 is 0 Å². The summed E-state index contributed by atoms with van der Waals surface area (Å²) in [6.07, 6.45) is 10.8. The van der Waals surface area contributed by atoms with Crippen molar-refractivity contribution in [1.82, 2.24) is 14.5 Å². The molecule has 6 heteroatoms. The molecular formula is C23H33N3O3. The van der Waals surface area contributed by atoms with E-state index in [1.54, 1.807) is 13.3 Å². The van der Waals surface area contributed by atoms with E-state index in [-0.39, 0.29) is 6.10 Å². The Bertz CT molecular complexity index is 766. The second kappa shape index (κ2) is 9.18. The molecular weight excluding hydrogens is 366 g/mol. The number of rotatable bonds is 9. The van der Waals surface area contributed by atoms with Crippen molar-refractivity contribution in [3.8, 4) is 11.5 Å². The molecule has 0 saturated heterocycles. The summed E-state index contributed by atoms with van der Waals surface area (Å²) in [7, 11) is 3.91. The standard InChI is InChI=1S/C23H33N3O3/c1-25(20-11-18-13-21(27)14-19(18)12-20)15-17-5-3-6-22(28-2)23(17)29-10-4-8-26-9-7-24-16-26/h3,5-7,9,16,18-21,27H,4,8,10-15H2,1-2H3/t18-,19+,20?,21?. The summed E-state index contributed by atoms with van der Waals surface area (Å²) >= 11 is 0. The number of hydrogen-bond acceptors (Lipinski definition) is 5. The van der Waals surface area contributed by atoms with Gasteiger partial charge in [-0.25, -0.2) is 4.98 Å². The maximum atomic E-state index is 9.90. The average Bonchev–Trinajstić information content (AvgIpc) is 3.42. The summed E-state index contributed by atoms with van der Waals surface area (Å²) in [5.74, 6) is 3.05. The number of hydrogen-bond donors (Lipinski definition) is 1. The molecule has 0 amide bonds. The van der Waals surface area contributed by atoms with Gasteiger partial charge in [-0.1, -0.05) is 12.1 Å². The molecule has 1 aromatic carbocycles. The first-order chi connectivity index (χ1) is 14.1. The molecule has 158 valence electrons. The largest absolute Gasteiger partial charge is 0.493 e. The number of nitrogens with zero attached hydrogens (tertiary/aromatic N) is 3. The van der Waals surface area contributed by atoms with Crippen molar-refractivity contribution in [2.75, 3.05) is 20.8 Å². The summed E-state index contributed by atoms with van der Waals surface area (Å²) in [5, 5.41) is 9.90. The Morgan fingerprint density at radius 3 is 2.69 bits per heavy atom. The van der Waals surface area contributed by atoms with Gasteiger partial charge in [-0.2, -0.15) is 0 Å². The second-order valence-corrected chi connectivity index (χ2v) is 8.64. The molecule has 4 atom stereocenters. The highest BCUT2D eigenvalue weighted by Gasteiger charge is 2.42. The van der Waals surface area contributed by atoms with Crippen molar-refractivity contribution < 1.29 is 14.6 Å². The van der Waals surface area contributed by atoms with E-state index < -0.39 is 0 Å². The number of aromatic nitrogens is 2. The van der Waals surface area contributed by atoms with Gasteiger partial charge in [0, 0.05) is 37.1 Å². The lowest BCUT2D eigenvalue weighted by Crippen LogP contribution is -2.30. The average molecular weight is 400 g/mol. The SMILES string of the molecule is COc1cccc(CN(C)C2C[C@H]3CC(O)C[C@H]3C2)c1OCCCn1ccnc1. The van der Waals surface area contributed by atoms with Gasteiger partial charge in [-0.15, -0.1) is 0 Å². The first kappa shape index (κ1) is 20.2. The number of methoxy groups -OCH3 is 1. The van der Waals surface area contributed by atoms with Crippen LogP contribution in [0.5, 0.6) is 11.5 Å². The van der Waals surface area contributed by atoms with E-state index in [0.717, 1.165) is 43.9 Å². The predicted octanol–water partition coefficient (Wildman–Crippen LogP) is 3.34. The zero-order valence-electron chi connectivity index (χ0n) is 17.5. The van der Waals surface area contributed by atoms with Crippen LogP contribution < -0.4 is 9.47 Å². The van der Waals surface area contributed by atoms with E-state index in [4.69, 9.17) is 9.47 Å². The molecule has 2 unspecified atom stereocenters. The number of ether oxygens (including phenoxy) is 2. The molecule has 0 radical (unpaired) electrons. The lowest BCUT2D eigenvalue weighted by Gasteiger charge is -2.26. The number of benzene rings is 1. The highest BCUT2D eigenvalue weighted by atomic mass is 16.5. The molecule has 4 rings (SSSR count). The smallest absolute Gasteiger partial charge is 0.165 e. The van der Waals surface area contributed by atoms with E-state index in [2.05, 4.69) is 27.6 Å². The van der Waals surface area contributed by atoms with Gasteiger partial charge in [0.15, 0.2) is 11.5 Å². The Morgan fingerprint density at radius 1 is 1.21 bits per heavy atom. The molecule has 1 aromatic heterocycles. The van der Waals surface area contributed by atoms with Gasteiger partial charge in [0.1, 0.15) is 0 Å². The molecule has 2 saturated carbocycles. The zero-order valence-corrected chi connectivity index (χ0v) is 17.5. The highest BCUT2D eigenvalue weighted by Crippen LogP contribution is 2.46. The molecule has 1 N–H and O–H groups in total. The quantitative estimate of drug-likeness (QED) is 0.656. The Labute approximate surface area is 173 Å². The van der Waals surface area contributed by atoms with Gasteiger partial charge in [-0.05, 0) is 57.1 Å². The van der Waals surface area contributed by atoms with Crippen LogP contribution in [0.1, 0.15) is 37.7 Å². The van der Waals surface area contributed by atoms with Crippen molar-refractivity contribution in [1.29, 1.82) is 0 Å². The summed E-state index contributed by atoms with van der Waals surface area (Å²) in [6.45, 7) is 2.38. The number of para-hydroxylation sites is 1. The van der Waals surface area contributed by atoms with Crippen LogP contribution in [0.25, 0.3) is 0 Å². The molecule has 2 fully saturated rings. The van der Waals surface area contributed by atoms with E-state index >= 15 is 0 Å². The third kappa shape index (κ3) is 4.75. The maximum absolute atomic E-state index is 9.90. The van der Waals surface area contributed by atoms with E-state index in [9.17, 15) is 5.11 Å². The van der Waals surface area contributed by atoms with Crippen LogP contribution in [0.3, 0.4) is 0 Å². The van der Waals surface area contributed by atoms with Gasteiger partial charge in [0.05, 0.1) is 26.1 Å². The molecule has 0 aliphatic heterocycles. The predicted molar refractivity (Wildman–Crippen MR) is 112 cm³/mol. The topological polar surface area (TPSA) is 59.8 Å². The van der Waals surface area contributed by atoms with Crippen LogP contribution >= 0.6 is 0 Å². The molecule has 1 heterocycles. The van der Waals surface area contributed by atoms with Gasteiger partial charge in [0.2, 0.25) is 0 Å². The second-order valence-electron chi connectivity index (χ2n) is 8.64. The first-order valence-corrected chi connectivity index (χ1v) is 10.8. The number of imidazole rings is 1. The third-order valence-corrected chi connectivity index (χ3v) is 6.66. The summed E-state index contributed by atoms with van der Waals surface area (Å²) in [6, 6.07) is 6.73. The third-order valence-electron chi connectivity index (χ3n) is 6.66. The number of aryl methyl sites for hydroxylation is 1. The molecule has 0 bridgehead atoms. The van der Waals surface area contributed by atoms with E-state index in [0.29, 0.717) is 24.5 Å². The monoisotopic (exact) mass is 399 g/mol. The fourth-order valence-electron chi connectivity index (χ4n) is 5.16. The lowest BCUT2D eigenvalue weighted by molar-refractivity contribution is 0.157. The first-order valence-electron chi connectivity index (χ1n) is 10.8. The van der Waals surface area contributed by atoms with Crippen molar-refractivity contribution >= 4 is 0 Å². The Kier molecular flexibility index (Phi) is 6.40. The molecule has 2 aliphatic rings. The zero-order chi connectivity index (χ0) is 20.2. The minimum atomic E-state index is -0.0723. The van der Waals surface area contributed by atoms with Gasteiger partial charge in [0.25, 0.3) is 0 Å². The van der Waals surface area contributed by atoms with Crippen LogP contribution in [0.2, 0.25) is 0 Å². The van der Waals surface area contributed by atoms with Crippen molar-refractivity contribution in [3.05, 3.63) is 42.5 Å². The van der Waals surface area contributed by atoms with Gasteiger partial charge < -0.3 is 19.1 Å². The lowest BCUT2D eigenvalue weighted by atomic mass is 10.0. The van der Waals surface area contributed by atoms with E-state index in [1.807, 2.05) is 24.7 Å². The Balaban J connectivity index is 1.36. The molecule has 0 spiro atoms. The summed E-state index contributed by atoms with van der Waals surface area (Å²) < 4.78 is 13.8. The summed E-state index contributed by atoms with van der Waals surface area (Å²) in [4.78, 5) is 6.53. The number of aliphatic hydroxyl groups is 1. The van der Waals surface area contributed by atoms with Crippen LogP contribution in [-0.4, -0.2) is 52.5 Å². The van der Waals surface area contributed by atoms with Crippen LogP contribution in [-0.2, 0) is 13.1 Å². The van der Waals surface area contributed by atoms with Crippen molar-refractivity contribution in [2.45, 2.75) is 57.3 Å². The molecule has 2 aromatic rings. The molecule has 6 nitrogen and oxygen atoms in total. The highest BCUT2D eigenvalue weighted by molar-refractivity contribution is 5.46. The van der Waals surface area contributed by atoms with Crippen molar-refractivity contribution in [2.24, 2.45) is 11.8 Å². The number of fused-ring (bicyclic) bond motifs is 1. The minimum absolute atomic E-state index is 0.0723. The van der Waals surface area contributed by atoms with Crippen molar-refractivity contribution in [3.63, 3.8) is 0 Å². The number of aliphatic hydroxyl groups excluding tert-OH is 1. The van der Waals surface area contributed by atoms with Crippen LogP contribution in [0, 0.1) is 11.8 Å². The minimum Gasteiger partial charge on any atom is -0.493 e. The van der Waals surface area contributed by atoms with Crippen LogP contribution in [0.4, 0.5) is 0 Å². The van der Waals surface area contributed by atoms with Crippen LogP contribution in [0.15, 0.2) is 36.9 Å². The normalized spacial score (nSPS) is 26.1. The fraction of sp³-hybridized carbons (Fsp3) is 0.609. The molecule has 29 heavy (non-hydrogen) atoms. The summed E-state index contributed by atoms with van der Waals surface area (Å²) in [5.41, 5.74) is 1.17. The Hall–Kier alpha value is -2.05. The fourth-order valence-corrected chi connectivity index (χ4v) is 5.16. The van der Waals surface area contributed by atoms with E-state index in [1.165, 1.54) is 18.4 Å².